The first kappa shape index (κ1) is 23.2. The lowest BCUT2D eigenvalue weighted by molar-refractivity contribution is -0.689. The van der Waals surface area contributed by atoms with Crippen molar-refractivity contribution in [3.8, 4) is 11.1 Å². The van der Waals surface area contributed by atoms with Gasteiger partial charge in [0.2, 0.25) is 24.7 Å². The smallest absolute Gasteiger partial charge is 0.227 e. The minimum atomic E-state index is 0. The molecule has 2 aromatic carbocycles. The molecule has 5 heteroatoms. The number of Topliss-reactive ketones (excluding diaryl/α,β-unsaturated/α-hetero) is 2. The number of halogens is 1. The van der Waals surface area contributed by atoms with Crippen LogP contribution in [0, 0.1) is 6.92 Å². The van der Waals surface area contributed by atoms with Crippen LogP contribution in [0.2, 0.25) is 0 Å². The summed E-state index contributed by atoms with van der Waals surface area (Å²) in [4.78, 5) is 25.1. The fourth-order valence-electron chi connectivity index (χ4n) is 3.48. The SMILES string of the molecule is Cc1cccc[n+]1CC(=O)c1ccc(-c2ccc(C(=O)C[n+]3ccccc3)cc2)cc1.[Br-]. The number of aromatic nitrogens is 2. The molecule has 4 nitrogen and oxygen atoms in total. The highest BCUT2D eigenvalue weighted by molar-refractivity contribution is 5.96. The van der Waals surface area contributed by atoms with Crippen molar-refractivity contribution in [2.45, 2.75) is 20.0 Å². The number of pyridine rings is 2. The molecule has 4 rings (SSSR count). The number of benzene rings is 2. The van der Waals surface area contributed by atoms with Crippen LogP contribution in [0.4, 0.5) is 0 Å². The first-order chi connectivity index (χ1) is 15.1. The highest BCUT2D eigenvalue weighted by Gasteiger charge is 2.15. The zero-order valence-electron chi connectivity index (χ0n) is 17.8. The maximum atomic E-state index is 12.6. The molecule has 32 heavy (non-hydrogen) atoms. The number of rotatable bonds is 7. The van der Waals surface area contributed by atoms with Crippen molar-refractivity contribution in [1.29, 1.82) is 0 Å². The van der Waals surface area contributed by atoms with Gasteiger partial charge in [-0.25, -0.2) is 0 Å². The van der Waals surface area contributed by atoms with Gasteiger partial charge in [-0.3, -0.25) is 9.59 Å². The second-order valence-electron chi connectivity index (χ2n) is 7.52. The van der Waals surface area contributed by atoms with Gasteiger partial charge in [0.25, 0.3) is 0 Å². The molecule has 0 fully saturated rings. The van der Waals surface area contributed by atoms with Crippen molar-refractivity contribution in [1.82, 2.24) is 0 Å². The van der Waals surface area contributed by atoms with Crippen LogP contribution in [0.5, 0.6) is 0 Å². The van der Waals surface area contributed by atoms with Gasteiger partial charge >= 0.3 is 0 Å². The number of aryl methyl sites for hydroxylation is 1. The minimum Gasteiger partial charge on any atom is -1.00 e. The van der Waals surface area contributed by atoms with Crippen LogP contribution in [0.15, 0.2) is 104 Å². The van der Waals surface area contributed by atoms with E-state index in [9.17, 15) is 9.59 Å². The van der Waals surface area contributed by atoms with E-state index < -0.39 is 0 Å². The first-order valence-electron chi connectivity index (χ1n) is 10.3. The van der Waals surface area contributed by atoms with E-state index in [4.69, 9.17) is 0 Å². The van der Waals surface area contributed by atoms with E-state index in [2.05, 4.69) is 0 Å². The Labute approximate surface area is 198 Å². The normalized spacial score (nSPS) is 10.3. The molecular formula is C27H24BrN2O2+. The van der Waals surface area contributed by atoms with E-state index in [1.54, 1.807) is 0 Å². The van der Waals surface area contributed by atoms with Crippen molar-refractivity contribution in [3.63, 3.8) is 0 Å². The average molecular weight is 488 g/mol. The molecule has 0 aliphatic carbocycles. The predicted octanol–water partition coefficient (Wildman–Crippen LogP) is 1.01. The molecule has 0 unspecified atom stereocenters. The second kappa shape index (κ2) is 10.7. The van der Waals surface area contributed by atoms with Crippen LogP contribution < -0.4 is 26.1 Å². The lowest BCUT2D eigenvalue weighted by atomic mass is 10.00. The average Bonchev–Trinajstić information content (AvgIpc) is 2.81. The highest BCUT2D eigenvalue weighted by atomic mass is 79.9. The molecule has 0 aliphatic heterocycles. The molecule has 4 aromatic rings. The summed E-state index contributed by atoms with van der Waals surface area (Å²) in [6.45, 7) is 2.63. The molecular weight excluding hydrogens is 464 g/mol. The summed E-state index contributed by atoms with van der Waals surface area (Å²) in [6, 6.07) is 26.9. The molecule has 0 N–H and O–H groups in total. The summed E-state index contributed by atoms with van der Waals surface area (Å²) >= 11 is 0. The number of hydrogen-bond acceptors (Lipinski definition) is 2. The van der Waals surface area contributed by atoms with Gasteiger partial charge in [0.15, 0.2) is 24.3 Å². The van der Waals surface area contributed by atoms with E-state index >= 15 is 0 Å². The Hall–Kier alpha value is -3.44. The van der Waals surface area contributed by atoms with E-state index in [0.29, 0.717) is 24.2 Å². The van der Waals surface area contributed by atoms with Gasteiger partial charge in [0.1, 0.15) is 0 Å². The third kappa shape index (κ3) is 5.62. The first-order valence-corrected chi connectivity index (χ1v) is 10.3. The molecule has 0 atom stereocenters. The molecule has 0 spiro atoms. The van der Waals surface area contributed by atoms with Crippen molar-refractivity contribution in [3.05, 3.63) is 120 Å². The molecule has 0 saturated heterocycles. The lowest BCUT2D eigenvalue weighted by Crippen LogP contribution is -3.00. The van der Waals surface area contributed by atoms with Crippen LogP contribution in [0.3, 0.4) is 0 Å². The topological polar surface area (TPSA) is 41.9 Å². The maximum absolute atomic E-state index is 12.6. The van der Waals surface area contributed by atoms with Crippen LogP contribution in [-0.2, 0) is 13.1 Å². The molecule has 2 heterocycles. The number of hydrogen-bond donors (Lipinski definition) is 0. The number of nitrogens with zero attached hydrogens (tertiary/aromatic N) is 2. The van der Waals surface area contributed by atoms with Gasteiger partial charge in [-0.1, -0.05) is 60.7 Å². The number of carbonyl (C=O) groups is 2. The Balaban J connectivity index is 0.00000289. The molecule has 0 radical (unpaired) electrons. The fourth-order valence-corrected chi connectivity index (χ4v) is 3.48. The zero-order chi connectivity index (χ0) is 21.6. The van der Waals surface area contributed by atoms with Crippen molar-refractivity contribution in [2.24, 2.45) is 0 Å². The van der Waals surface area contributed by atoms with Gasteiger partial charge in [0, 0.05) is 42.3 Å². The fraction of sp³-hybridized carbons (Fsp3) is 0.111. The summed E-state index contributed by atoms with van der Waals surface area (Å²) in [7, 11) is 0. The third-order valence-electron chi connectivity index (χ3n) is 5.33. The summed E-state index contributed by atoms with van der Waals surface area (Å²) in [5, 5.41) is 0. The summed E-state index contributed by atoms with van der Waals surface area (Å²) < 4.78 is 3.81. The Morgan fingerprint density at radius 3 is 1.66 bits per heavy atom. The van der Waals surface area contributed by atoms with Crippen molar-refractivity contribution in [2.75, 3.05) is 0 Å². The Kier molecular flexibility index (Phi) is 7.79. The summed E-state index contributed by atoms with van der Waals surface area (Å²) in [5.41, 5.74) is 4.44. The van der Waals surface area contributed by atoms with E-state index in [1.165, 1.54) is 0 Å². The van der Waals surface area contributed by atoms with E-state index in [1.807, 2.05) is 120 Å². The third-order valence-corrected chi connectivity index (χ3v) is 5.33. The Morgan fingerprint density at radius 1 is 0.625 bits per heavy atom. The van der Waals surface area contributed by atoms with E-state index in [0.717, 1.165) is 16.8 Å². The molecule has 0 bridgehead atoms. The Morgan fingerprint density at radius 2 is 1.12 bits per heavy atom. The molecule has 160 valence electrons. The van der Waals surface area contributed by atoms with Gasteiger partial charge in [-0.05, 0) is 11.1 Å². The molecule has 2 aromatic heterocycles. The highest BCUT2D eigenvalue weighted by Crippen LogP contribution is 2.21. The Bertz CT molecular complexity index is 1200. The lowest BCUT2D eigenvalue weighted by Gasteiger charge is -2.05. The summed E-state index contributed by atoms with van der Waals surface area (Å²) in [6.07, 6.45) is 5.68. The minimum absolute atomic E-state index is 0. The molecule has 0 aliphatic rings. The van der Waals surface area contributed by atoms with Gasteiger partial charge < -0.3 is 17.0 Å². The van der Waals surface area contributed by atoms with E-state index in [-0.39, 0.29) is 28.5 Å². The van der Waals surface area contributed by atoms with Crippen molar-refractivity contribution < 1.29 is 35.7 Å². The molecule has 0 saturated carbocycles. The quantitative estimate of drug-likeness (QED) is 0.288. The number of carbonyl (C=O) groups excluding carboxylic acids is 2. The zero-order valence-corrected chi connectivity index (χ0v) is 19.4. The monoisotopic (exact) mass is 487 g/mol. The van der Waals surface area contributed by atoms with Gasteiger partial charge in [-0.15, -0.1) is 0 Å². The van der Waals surface area contributed by atoms with Crippen LogP contribution in [0.25, 0.3) is 11.1 Å². The van der Waals surface area contributed by atoms with Crippen molar-refractivity contribution >= 4 is 11.6 Å². The summed E-state index contributed by atoms with van der Waals surface area (Å²) in [5.74, 6) is 0.141. The standard InChI is InChI=1S/C27H24N2O2.BrH/c1-21-7-3-6-18-29(21)20-27(31)25-14-10-23(11-15-25)22-8-12-24(13-9-22)26(30)19-28-16-4-2-5-17-28;/h2-18H,19-20H2,1H3;1H/q+2;/p-1. The second-order valence-corrected chi connectivity index (χ2v) is 7.52. The van der Waals surface area contributed by atoms with Crippen LogP contribution in [-0.4, -0.2) is 11.6 Å². The number of ketones is 2. The largest absolute Gasteiger partial charge is 1.00 e. The predicted molar refractivity (Wildman–Crippen MR) is 119 cm³/mol. The maximum Gasteiger partial charge on any atom is 0.227 e. The van der Waals surface area contributed by atoms with Crippen LogP contribution >= 0.6 is 0 Å². The van der Waals surface area contributed by atoms with Gasteiger partial charge in [-0.2, -0.15) is 9.13 Å². The molecule has 0 amide bonds. The van der Waals surface area contributed by atoms with Gasteiger partial charge in [0.05, 0.1) is 0 Å². The van der Waals surface area contributed by atoms with Crippen LogP contribution in [0.1, 0.15) is 26.4 Å².